The van der Waals surface area contributed by atoms with Gasteiger partial charge in [-0.25, -0.2) is 9.97 Å². The molecule has 6 nitrogen and oxygen atoms in total. The minimum absolute atomic E-state index is 0.180. The van der Waals surface area contributed by atoms with Gasteiger partial charge < -0.3 is 14.5 Å². The molecule has 3 rings (SSSR count). The van der Waals surface area contributed by atoms with Crippen LogP contribution in [0.3, 0.4) is 0 Å². The van der Waals surface area contributed by atoms with Crippen LogP contribution >= 0.6 is 0 Å². The van der Waals surface area contributed by atoms with E-state index in [-0.39, 0.29) is 6.04 Å². The predicted molar refractivity (Wildman–Crippen MR) is 103 cm³/mol. The zero-order valence-corrected chi connectivity index (χ0v) is 15.6. The van der Waals surface area contributed by atoms with Crippen LogP contribution in [0.2, 0.25) is 0 Å². The SMILES string of the molecule is C=CCCOc1nc(-c2cc(C)nc(C(C)NCC)c2)cn2ccnc12. The first-order valence-corrected chi connectivity index (χ1v) is 8.92. The number of hydrogen-bond acceptors (Lipinski definition) is 5. The van der Waals surface area contributed by atoms with Crippen LogP contribution in [0.5, 0.6) is 5.88 Å². The van der Waals surface area contributed by atoms with Gasteiger partial charge in [0.2, 0.25) is 5.65 Å². The average Bonchev–Trinajstić information content (AvgIpc) is 3.10. The summed E-state index contributed by atoms with van der Waals surface area (Å²) in [6, 6.07) is 4.30. The average molecular weight is 351 g/mol. The van der Waals surface area contributed by atoms with Crippen LogP contribution in [0.25, 0.3) is 16.9 Å². The van der Waals surface area contributed by atoms with E-state index in [2.05, 4.69) is 41.8 Å². The first-order valence-electron chi connectivity index (χ1n) is 8.92. The topological polar surface area (TPSA) is 64.3 Å². The van der Waals surface area contributed by atoms with Crippen molar-refractivity contribution in [2.45, 2.75) is 33.2 Å². The first kappa shape index (κ1) is 18.1. The summed E-state index contributed by atoms with van der Waals surface area (Å²) in [4.78, 5) is 13.7. The van der Waals surface area contributed by atoms with Crippen LogP contribution in [0.1, 0.15) is 37.7 Å². The van der Waals surface area contributed by atoms with Crippen molar-refractivity contribution in [2.24, 2.45) is 0 Å². The van der Waals surface area contributed by atoms with Crippen LogP contribution < -0.4 is 10.1 Å². The van der Waals surface area contributed by atoms with Crippen molar-refractivity contribution in [1.29, 1.82) is 0 Å². The maximum Gasteiger partial charge on any atom is 0.258 e. The van der Waals surface area contributed by atoms with Gasteiger partial charge in [0.1, 0.15) is 0 Å². The fourth-order valence-corrected chi connectivity index (χ4v) is 2.85. The molecule has 0 saturated carbocycles. The molecule has 0 radical (unpaired) electrons. The third kappa shape index (κ3) is 3.91. The number of hydrogen-bond donors (Lipinski definition) is 1. The van der Waals surface area contributed by atoms with Gasteiger partial charge in [-0.3, -0.25) is 4.98 Å². The summed E-state index contributed by atoms with van der Waals surface area (Å²) in [6.45, 7) is 11.4. The molecule has 0 aliphatic rings. The number of fused-ring (bicyclic) bond motifs is 1. The Balaban J connectivity index is 2.03. The molecule has 1 atom stereocenters. The monoisotopic (exact) mass is 351 g/mol. The molecular formula is C20H25N5O. The zero-order valence-electron chi connectivity index (χ0n) is 15.6. The molecule has 0 bridgehead atoms. The minimum atomic E-state index is 0.180. The highest BCUT2D eigenvalue weighted by molar-refractivity contribution is 5.63. The van der Waals surface area contributed by atoms with E-state index < -0.39 is 0 Å². The minimum Gasteiger partial charge on any atom is -0.475 e. The highest BCUT2D eigenvalue weighted by Gasteiger charge is 2.13. The van der Waals surface area contributed by atoms with Crippen LogP contribution in [-0.4, -0.2) is 32.5 Å². The first-order chi connectivity index (χ1) is 12.6. The summed E-state index contributed by atoms with van der Waals surface area (Å²) in [7, 11) is 0. The maximum absolute atomic E-state index is 5.83. The molecule has 0 fully saturated rings. The summed E-state index contributed by atoms with van der Waals surface area (Å²) in [5.41, 5.74) is 4.53. The highest BCUT2D eigenvalue weighted by atomic mass is 16.5. The number of rotatable bonds is 8. The van der Waals surface area contributed by atoms with Crippen molar-refractivity contribution < 1.29 is 4.74 Å². The maximum atomic E-state index is 5.83. The van der Waals surface area contributed by atoms with Gasteiger partial charge in [0, 0.05) is 35.9 Å². The van der Waals surface area contributed by atoms with Crippen molar-refractivity contribution in [3.05, 3.63) is 54.8 Å². The number of imidazole rings is 1. The van der Waals surface area contributed by atoms with Crippen LogP contribution in [-0.2, 0) is 0 Å². The highest BCUT2D eigenvalue weighted by Crippen LogP contribution is 2.26. The lowest BCUT2D eigenvalue weighted by Crippen LogP contribution is -2.19. The van der Waals surface area contributed by atoms with E-state index in [1.54, 1.807) is 6.20 Å². The molecule has 1 N–H and O–H groups in total. The second kappa shape index (κ2) is 8.10. The van der Waals surface area contributed by atoms with Gasteiger partial charge in [-0.15, -0.1) is 6.58 Å². The van der Waals surface area contributed by atoms with Gasteiger partial charge in [0.25, 0.3) is 5.88 Å². The molecule has 0 spiro atoms. The molecule has 1 unspecified atom stereocenters. The quantitative estimate of drug-likeness (QED) is 0.495. The number of aryl methyl sites for hydroxylation is 1. The van der Waals surface area contributed by atoms with Gasteiger partial charge in [0.15, 0.2) is 0 Å². The Labute approximate surface area is 154 Å². The van der Waals surface area contributed by atoms with E-state index in [9.17, 15) is 0 Å². The van der Waals surface area contributed by atoms with Gasteiger partial charge in [-0.2, -0.15) is 0 Å². The van der Waals surface area contributed by atoms with E-state index in [4.69, 9.17) is 9.72 Å². The summed E-state index contributed by atoms with van der Waals surface area (Å²) in [6.07, 6.45) is 8.21. The standard InChI is InChI=1S/C20H25N5O/c1-5-7-10-26-20-19-22-8-9-25(19)13-18(24-20)16-11-14(3)23-17(12-16)15(4)21-6-2/h5,8-9,11-13,15,21H,1,6-7,10H2,2-4H3. The lowest BCUT2D eigenvalue weighted by Gasteiger charge is -2.14. The molecule has 26 heavy (non-hydrogen) atoms. The van der Waals surface area contributed by atoms with Gasteiger partial charge >= 0.3 is 0 Å². The fraction of sp³-hybridized carbons (Fsp3) is 0.350. The van der Waals surface area contributed by atoms with Gasteiger partial charge in [0.05, 0.1) is 18.0 Å². The van der Waals surface area contributed by atoms with Crippen LogP contribution in [0.15, 0.2) is 43.4 Å². The number of nitrogens with one attached hydrogen (secondary N) is 1. The third-order valence-electron chi connectivity index (χ3n) is 4.13. The summed E-state index contributed by atoms with van der Waals surface area (Å²) in [5, 5.41) is 3.41. The lowest BCUT2D eigenvalue weighted by molar-refractivity contribution is 0.315. The third-order valence-corrected chi connectivity index (χ3v) is 4.13. The lowest BCUT2D eigenvalue weighted by atomic mass is 10.1. The van der Waals surface area contributed by atoms with Gasteiger partial charge in [-0.05, 0) is 38.9 Å². The Morgan fingerprint density at radius 1 is 1.35 bits per heavy atom. The smallest absolute Gasteiger partial charge is 0.258 e. The molecule has 0 amide bonds. The largest absolute Gasteiger partial charge is 0.475 e. The van der Waals surface area contributed by atoms with E-state index in [1.807, 2.05) is 35.9 Å². The fourth-order valence-electron chi connectivity index (χ4n) is 2.85. The molecular weight excluding hydrogens is 326 g/mol. The molecule has 0 aliphatic carbocycles. The Morgan fingerprint density at radius 3 is 2.96 bits per heavy atom. The molecule has 0 aromatic carbocycles. The van der Waals surface area contributed by atoms with Crippen molar-refractivity contribution in [1.82, 2.24) is 24.7 Å². The van der Waals surface area contributed by atoms with E-state index in [1.165, 1.54) is 0 Å². The predicted octanol–water partition coefficient (Wildman–Crippen LogP) is 3.73. The Morgan fingerprint density at radius 2 is 2.19 bits per heavy atom. The van der Waals surface area contributed by atoms with E-state index >= 15 is 0 Å². The zero-order chi connectivity index (χ0) is 18.5. The second-order valence-electron chi connectivity index (χ2n) is 6.22. The molecule has 6 heteroatoms. The summed E-state index contributed by atoms with van der Waals surface area (Å²) >= 11 is 0. The van der Waals surface area contributed by atoms with Crippen molar-refractivity contribution in [3.63, 3.8) is 0 Å². The number of aromatic nitrogens is 4. The van der Waals surface area contributed by atoms with Crippen molar-refractivity contribution in [2.75, 3.05) is 13.2 Å². The van der Waals surface area contributed by atoms with Crippen molar-refractivity contribution >= 4 is 5.65 Å². The van der Waals surface area contributed by atoms with E-state index in [0.717, 1.165) is 35.6 Å². The molecule has 136 valence electrons. The number of pyridine rings is 1. The van der Waals surface area contributed by atoms with E-state index in [0.29, 0.717) is 18.1 Å². The van der Waals surface area contributed by atoms with Crippen LogP contribution in [0, 0.1) is 6.92 Å². The Hall–Kier alpha value is -2.73. The Kier molecular flexibility index (Phi) is 5.63. The molecule has 3 aromatic rings. The second-order valence-corrected chi connectivity index (χ2v) is 6.22. The van der Waals surface area contributed by atoms with Crippen molar-refractivity contribution in [3.8, 4) is 17.1 Å². The molecule has 3 aromatic heterocycles. The molecule has 3 heterocycles. The normalized spacial score (nSPS) is 12.3. The Bertz CT molecular complexity index is 902. The summed E-state index contributed by atoms with van der Waals surface area (Å²) < 4.78 is 7.77. The molecule has 0 saturated heterocycles. The molecule has 0 aliphatic heterocycles. The summed E-state index contributed by atoms with van der Waals surface area (Å²) in [5.74, 6) is 0.532. The number of ether oxygens (including phenoxy) is 1. The van der Waals surface area contributed by atoms with Crippen LogP contribution in [0.4, 0.5) is 0 Å². The van der Waals surface area contributed by atoms with Gasteiger partial charge in [-0.1, -0.05) is 13.0 Å². The number of nitrogens with zero attached hydrogens (tertiary/aromatic N) is 4.